The fourth-order valence-electron chi connectivity index (χ4n) is 1.61. The first-order chi connectivity index (χ1) is 6.64. The topological polar surface area (TPSA) is 9.23 Å². The molecular formula is C13H20O. The Balaban J connectivity index is 2.55. The highest BCUT2D eigenvalue weighted by molar-refractivity contribution is 5.22. The van der Waals surface area contributed by atoms with Gasteiger partial charge in [-0.1, -0.05) is 31.6 Å². The Kier molecular flexibility index (Phi) is 3.99. The third-order valence-corrected chi connectivity index (χ3v) is 2.21. The van der Waals surface area contributed by atoms with Crippen LogP contribution in [0.5, 0.6) is 0 Å². The van der Waals surface area contributed by atoms with E-state index in [1.54, 1.807) is 0 Å². The largest absolute Gasteiger partial charge is 0.488 e. The maximum Gasteiger partial charge on any atom is 0.116 e. The fraction of sp³-hybridized carbons (Fsp3) is 0.538. The van der Waals surface area contributed by atoms with Gasteiger partial charge in [0.1, 0.15) is 11.4 Å². The zero-order chi connectivity index (χ0) is 10.4. The van der Waals surface area contributed by atoms with Gasteiger partial charge in [0.05, 0.1) is 0 Å². The molecule has 1 heteroatoms. The molecule has 0 unspecified atom stereocenters. The quantitative estimate of drug-likeness (QED) is 0.654. The molecule has 1 nitrogen and oxygen atoms in total. The predicted octanol–water partition coefficient (Wildman–Crippen LogP) is 3.98. The third-order valence-electron chi connectivity index (χ3n) is 2.21. The van der Waals surface area contributed by atoms with E-state index in [1.165, 1.54) is 0 Å². The number of hydrogen-bond donors (Lipinski definition) is 0. The average molecular weight is 192 g/mol. The zero-order valence-corrected chi connectivity index (χ0v) is 9.42. The SMILES string of the molecule is CCCC(C)(C)OC1=CCC=CC=C1. The van der Waals surface area contributed by atoms with Gasteiger partial charge in [0.15, 0.2) is 0 Å². The van der Waals surface area contributed by atoms with E-state index in [-0.39, 0.29) is 5.60 Å². The number of hydrogen-bond acceptors (Lipinski definition) is 1. The summed E-state index contributed by atoms with van der Waals surface area (Å²) in [5.74, 6) is 0.994. The Bertz CT molecular complexity index is 256. The van der Waals surface area contributed by atoms with Crippen molar-refractivity contribution in [1.82, 2.24) is 0 Å². The van der Waals surface area contributed by atoms with Crippen molar-refractivity contribution >= 4 is 0 Å². The van der Waals surface area contributed by atoms with Crippen molar-refractivity contribution in [3.63, 3.8) is 0 Å². The summed E-state index contributed by atoms with van der Waals surface area (Å²) in [6, 6.07) is 0. The van der Waals surface area contributed by atoms with Crippen LogP contribution in [0, 0.1) is 0 Å². The van der Waals surface area contributed by atoms with Gasteiger partial charge in [-0.05, 0) is 38.8 Å². The molecule has 0 fully saturated rings. The molecule has 0 spiro atoms. The van der Waals surface area contributed by atoms with Gasteiger partial charge >= 0.3 is 0 Å². The molecule has 0 aromatic rings. The van der Waals surface area contributed by atoms with Gasteiger partial charge in [-0.25, -0.2) is 0 Å². The highest BCUT2D eigenvalue weighted by Crippen LogP contribution is 2.22. The first-order valence-electron chi connectivity index (χ1n) is 5.36. The first kappa shape index (κ1) is 11.1. The van der Waals surface area contributed by atoms with E-state index >= 15 is 0 Å². The number of ether oxygens (including phenoxy) is 1. The van der Waals surface area contributed by atoms with Gasteiger partial charge in [0.25, 0.3) is 0 Å². The van der Waals surface area contributed by atoms with Crippen molar-refractivity contribution < 1.29 is 4.74 Å². The second-order valence-electron chi connectivity index (χ2n) is 4.24. The molecule has 0 saturated heterocycles. The molecule has 1 aliphatic rings. The second kappa shape index (κ2) is 5.04. The molecule has 0 radical (unpaired) electrons. The van der Waals surface area contributed by atoms with Gasteiger partial charge in [0.2, 0.25) is 0 Å². The maximum atomic E-state index is 5.93. The van der Waals surface area contributed by atoms with E-state index in [0.29, 0.717) is 0 Å². The van der Waals surface area contributed by atoms with Crippen LogP contribution >= 0.6 is 0 Å². The standard InChI is InChI=1S/C13H20O/c1-4-11-13(2,3)14-12-9-7-5-6-8-10-12/h5-7,9-10H,4,8,11H2,1-3H3. The summed E-state index contributed by atoms with van der Waals surface area (Å²) in [6.45, 7) is 6.47. The smallest absolute Gasteiger partial charge is 0.116 e. The van der Waals surface area contributed by atoms with E-state index in [4.69, 9.17) is 4.74 Å². The van der Waals surface area contributed by atoms with E-state index < -0.39 is 0 Å². The lowest BCUT2D eigenvalue weighted by atomic mass is 10.0. The molecule has 0 amide bonds. The predicted molar refractivity (Wildman–Crippen MR) is 61.1 cm³/mol. The molecule has 1 aliphatic carbocycles. The second-order valence-corrected chi connectivity index (χ2v) is 4.24. The van der Waals surface area contributed by atoms with Gasteiger partial charge in [-0.3, -0.25) is 0 Å². The number of allylic oxidation sites excluding steroid dienone is 5. The Morgan fingerprint density at radius 3 is 2.86 bits per heavy atom. The molecule has 0 heterocycles. The van der Waals surface area contributed by atoms with Gasteiger partial charge in [-0.15, -0.1) is 0 Å². The van der Waals surface area contributed by atoms with Gasteiger partial charge < -0.3 is 4.74 Å². The van der Waals surface area contributed by atoms with Crippen LogP contribution in [0.3, 0.4) is 0 Å². The molecular weight excluding hydrogens is 172 g/mol. The Morgan fingerprint density at radius 1 is 1.36 bits per heavy atom. The third kappa shape index (κ3) is 3.82. The van der Waals surface area contributed by atoms with Crippen LogP contribution < -0.4 is 0 Å². The molecule has 0 saturated carbocycles. The Hall–Kier alpha value is -0.980. The minimum atomic E-state index is -0.0464. The molecule has 0 atom stereocenters. The lowest BCUT2D eigenvalue weighted by Crippen LogP contribution is -2.23. The summed E-state index contributed by atoms with van der Waals surface area (Å²) < 4.78 is 5.93. The minimum Gasteiger partial charge on any atom is -0.488 e. The highest BCUT2D eigenvalue weighted by atomic mass is 16.5. The fourth-order valence-corrected chi connectivity index (χ4v) is 1.61. The summed E-state index contributed by atoms with van der Waals surface area (Å²) in [7, 11) is 0. The molecule has 0 aromatic carbocycles. The minimum absolute atomic E-state index is 0.0464. The van der Waals surface area contributed by atoms with Crippen LogP contribution in [-0.2, 0) is 4.74 Å². The van der Waals surface area contributed by atoms with E-state index in [0.717, 1.165) is 25.0 Å². The zero-order valence-electron chi connectivity index (χ0n) is 9.42. The van der Waals surface area contributed by atoms with E-state index in [9.17, 15) is 0 Å². The van der Waals surface area contributed by atoms with Crippen LogP contribution in [-0.4, -0.2) is 5.60 Å². The molecule has 0 N–H and O–H groups in total. The van der Waals surface area contributed by atoms with Crippen LogP contribution in [0.1, 0.15) is 40.0 Å². The summed E-state index contributed by atoms with van der Waals surface area (Å²) >= 11 is 0. The summed E-state index contributed by atoms with van der Waals surface area (Å²) in [5, 5.41) is 0. The lowest BCUT2D eigenvalue weighted by Gasteiger charge is -2.26. The summed E-state index contributed by atoms with van der Waals surface area (Å²) in [4.78, 5) is 0. The van der Waals surface area contributed by atoms with E-state index in [1.807, 2.05) is 12.2 Å². The Labute approximate surface area is 87.2 Å². The lowest BCUT2D eigenvalue weighted by molar-refractivity contribution is 0.0333. The van der Waals surface area contributed by atoms with Crippen LogP contribution in [0.2, 0.25) is 0 Å². The van der Waals surface area contributed by atoms with Crippen molar-refractivity contribution in [2.75, 3.05) is 0 Å². The molecule has 0 aliphatic heterocycles. The molecule has 0 aromatic heterocycles. The van der Waals surface area contributed by atoms with Crippen LogP contribution in [0.25, 0.3) is 0 Å². The monoisotopic (exact) mass is 192 g/mol. The van der Waals surface area contributed by atoms with E-state index in [2.05, 4.69) is 39.0 Å². The molecule has 1 rings (SSSR count). The van der Waals surface area contributed by atoms with Crippen molar-refractivity contribution in [1.29, 1.82) is 0 Å². The van der Waals surface area contributed by atoms with Crippen molar-refractivity contribution in [3.05, 3.63) is 36.1 Å². The van der Waals surface area contributed by atoms with Gasteiger partial charge in [0, 0.05) is 0 Å². The Morgan fingerprint density at radius 2 is 2.14 bits per heavy atom. The van der Waals surface area contributed by atoms with Crippen LogP contribution in [0.15, 0.2) is 36.1 Å². The van der Waals surface area contributed by atoms with Crippen LogP contribution in [0.4, 0.5) is 0 Å². The highest BCUT2D eigenvalue weighted by Gasteiger charge is 2.18. The summed E-state index contributed by atoms with van der Waals surface area (Å²) in [5.41, 5.74) is -0.0464. The van der Waals surface area contributed by atoms with Gasteiger partial charge in [-0.2, -0.15) is 0 Å². The number of rotatable bonds is 4. The van der Waals surface area contributed by atoms with Crippen molar-refractivity contribution in [2.45, 2.75) is 45.6 Å². The average Bonchev–Trinajstić information content (AvgIpc) is 2.31. The first-order valence-corrected chi connectivity index (χ1v) is 5.36. The molecule has 0 bridgehead atoms. The van der Waals surface area contributed by atoms with Crippen molar-refractivity contribution in [3.8, 4) is 0 Å². The normalized spacial score (nSPS) is 16.4. The molecule has 78 valence electrons. The summed E-state index contributed by atoms with van der Waals surface area (Å²) in [6.07, 6.45) is 13.6. The maximum absolute atomic E-state index is 5.93. The van der Waals surface area contributed by atoms with Crippen molar-refractivity contribution in [2.24, 2.45) is 0 Å². The molecule has 14 heavy (non-hydrogen) atoms.